The van der Waals surface area contributed by atoms with Crippen LogP contribution in [0.5, 0.6) is 0 Å². The Morgan fingerprint density at radius 2 is 1.67 bits per heavy atom. The number of hydrogen-bond acceptors (Lipinski definition) is 3. The molecule has 2 rings (SSSR count). The first-order chi connectivity index (χ1) is 8.49. The van der Waals surface area contributed by atoms with E-state index in [-0.39, 0.29) is 0 Å². The van der Waals surface area contributed by atoms with Crippen molar-refractivity contribution in [1.29, 1.82) is 0 Å². The number of piperidine rings is 1. The maximum Gasteiger partial charge on any atom is 0.171 e. The van der Waals surface area contributed by atoms with Gasteiger partial charge in [-0.1, -0.05) is 25.4 Å². The van der Waals surface area contributed by atoms with Gasteiger partial charge < -0.3 is 4.90 Å². The summed E-state index contributed by atoms with van der Waals surface area (Å²) < 4.78 is 0. The predicted molar refractivity (Wildman–Crippen MR) is 76.3 cm³/mol. The number of nitrogens with zero attached hydrogens (tertiary/aromatic N) is 3. The average Bonchev–Trinajstić information content (AvgIpc) is 2.34. The van der Waals surface area contributed by atoms with Gasteiger partial charge in [0.2, 0.25) is 0 Å². The highest BCUT2D eigenvalue weighted by atomic mass is 35.5. The Morgan fingerprint density at radius 3 is 2.22 bits per heavy atom. The number of aromatic nitrogens is 2. The first-order valence-electron chi connectivity index (χ1n) is 6.74. The number of rotatable bonds is 2. The Kier molecular flexibility index (Phi) is 4.10. The van der Waals surface area contributed by atoms with E-state index in [4.69, 9.17) is 11.6 Å². The highest BCUT2D eigenvalue weighted by Gasteiger charge is 2.24. The van der Waals surface area contributed by atoms with Crippen LogP contribution in [0.2, 0.25) is 5.15 Å². The summed E-state index contributed by atoms with van der Waals surface area (Å²) in [4.78, 5) is 11.2. The fourth-order valence-electron chi connectivity index (χ4n) is 2.54. The first-order valence-corrected chi connectivity index (χ1v) is 7.12. The van der Waals surface area contributed by atoms with E-state index in [9.17, 15) is 0 Å². The lowest BCUT2D eigenvalue weighted by Crippen LogP contribution is -2.36. The van der Waals surface area contributed by atoms with Gasteiger partial charge in [-0.3, -0.25) is 0 Å². The molecule has 4 heteroatoms. The van der Waals surface area contributed by atoms with E-state index in [1.807, 2.05) is 13.8 Å². The minimum absolute atomic E-state index is 0.543. The van der Waals surface area contributed by atoms with Crippen molar-refractivity contribution >= 4 is 17.4 Å². The van der Waals surface area contributed by atoms with Gasteiger partial charge >= 0.3 is 0 Å². The van der Waals surface area contributed by atoms with Gasteiger partial charge in [0.25, 0.3) is 0 Å². The third kappa shape index (κ3) is 2.77. The summed E-state index contributed by atoms with van der Waals surface area (Å²) >= 11 is 6.22. The van der Waals surface area contributed by atoms with E-state index in [2.05, 4.69) is 28.7 Å². The quantitative estimate of drug-likeness (QED) is 0.820. The van der Waals surface area contributed by atoms with Crippen molar-refractivity contribution in [3.63, 3.8) is 0 Å². The van der Waals surface area contributed by atoms with Gasteiger partial charge in [-0.15, -0.1) is 0 Å². The Balaban J connectivity index is 2.12. The van der Waals surface area contributed by atoms with E-state index in [1.165, 1.54) is 12.8 Å². The summed E-state index contributed by atoms with van der Waals surface area (Å²) in [6, 6.07) is 0. The monoisotopic (exact) mass is 267 g/mol. The molecule has 1 saturated heterocycles. The normalized spacial score (nSPS) is 17.6. The van der Waals surface area contributed by atoms with Crippen LogP contribution in [0, 0.1) is 25.7 Å². The minimum Gasteiger partial charge on any atom is -0.354 e. The van der Waals surface area contributed by atoms with Gasteiger partial charge in [0, 0.05) is 13.1 Å². The molecule has 1 aliphatic heterocycles. The fraction of sp³-hybridized carbons (Fsp3) is 0.714. The molecule has 0 unspecified atom stereocenters. The molecule has 0 radical (unpaired) electrons. The second-order valence-electron chi connectivity index (χ2n) is 5.58. The molecule has 1 aromatic heterocycles. The van der Waals surface area contributed by atoms with Crippen molar-refractivity contribution in [2.24, 2.45) is 11.8 Å². The third-order valence-electron chi connectivity index (χ3n) is 4.03. The zero-order chi connectivity index (χ0) is 13.3. The molecule has 3 nitrogen and oxygen atoms in total. The van der Waals surface area contributed by atoms with Crippen LogP contribution in [0.4, 0.5) is 5.82 Å². The lowest BCUT2D eigenvalue weighted by molar-refractivity contribution is 0.310. The maximum absolute atomic E-state index is 6.22. The van der Waals surface area contributed by atoms with Gasteiger partial charge in [-0.05, 0) is 38.5 Å². The van der Waals surface area contributed by atoms with Crippen LogP contribution in [0.3, 0.4) is 0 Å². The summed E-state index contributed by atoms with van der Waals surface area (Å²) in [5.41, 5.74) is 1.89. The standard InChI is InChI=1S/C14H22ClN3/c1-9(2)12-5-7-18(8-6-12)14-13(15)16-10(3)11(4)17-14/h9,12H,5-8H2,1-4H3. The summed E-state index contributed by atoms with van der Waals surface area (Å²) in [5.74, 6) is 2.47. The van der Waals surface area contributed by atoms with Gasteiger partial charge in [0.1, 0.15) is 0 Å². The van der Waals surface area contributed by atoms with Gasteiger partial charge in [0.15, 0.2) is 11.0 Å². The molecule has 0 aliphatic carbocycles. The van der Waals surface area contributed by atoms with Crippen molar-refractivity contribution in [2.45, 2.75) is 40.5 Å². The van der Waals surface area contributed by atoms with Crippen molar-refractivity contribution < 1.29 is 0 Å². The van der Waals surface area contributed by atoms with Crippen LogP contribution in [0.1, 0.15) is 38.1 Å². The molecule has 0 bridgehead atoms. The van der Waals surface area contributed by atoms with E-state index in [0.717, 1.165) is 42.1 Å². The molecule has 0 atom stereocenters. The molecule has 1 fully saturated rings. The fourth-order valence-corrected chi connectivity index (χ4v) is 2.83. The highest BCUT2D eigenvalue weighted by molar-refractivity contribution is 6.31. The van der Waals surface area contributed by atoms with Crippen molar-refractivity contribution in [3.8, 4) is 0 Å². The number of halogens is 1. The minimum atomic E-state index is 0.543. The van der Waals surface area contributed by atoms with Crippen LogP contribution < -0.4 is 4.90 Å². The van der Waals surface area contributed by atoms with E-state index >= 15 is 0 Å². The van der Waals surface area contributed by atoms with Gasteiger partial charge in [-0.2, -0.15) is 0 Å². The molecule has 0 amide bonds. The number of anilines is 1. The average molecular weight is 268 g/mol. The molecule has 2 heterocycles. The van der Waals surface area contributed by atoms with Crippen molar-refractivity contribution in [2.75, 3.05) is 18.0 Å². The van der Waals surface area contributed by atoms with E-state index in [0.29, 0.717) is 5.15 Å². The van der Waals surface area contributed by atoms with E-state index < -0.39 is 0 Å². The van der Waals surface area contributed by atoms with Gasteiger partial charge in [-0.25, -0.2) is 9.97 Å². The topological polar surface area (TPSA) is 29.0 Å². The summed E-state index contributed by atoms with van der Waals surface area (Å²) in [7, 11) is 0. The lowest BCUT2D eigenvalue weighted by atomic mass is 9.87. The van der Waals surface area contributed by atoms with Crippen molar-refractivity contribution in [3.05, 3.63) is 16.5 Å². The maximum atomic E-state index is 6.22. The molecular weight excluding hydrogens is 246 g/mol. The number of aryl methyl sites for hydroxylation is 2. The lowest BCUT2D eigenvalue weighted by Gasteiger charge is -2.34. The Bertz CT molecular complexity index is 423. The first kappa shape index (κ1) is 13.6. The molecule has 0 aromatic carbocycles. The summed E-state index contributed by atoms with van der Waals surface area (Å²) in [6.45, 7) is 10.6. The second kappa shape index (κ2) is 5.43. The SMILES string of the molecule is Cc1nc(Cl)c(N2CCC(C(C)C)CC2)nc1C. The van der Waals surface area contributed by atoms with Crippen LogP contribution in [0.25, 0.3) is 0 Å². The van der Waals surface area contributed by atoms with Crippen LogP contribution in [-0.4, -0.2) is 23.1 Å². The molecular formula is C14H22ClN3. The number of hydrogen-bond donors (Lipinski definition) is 0. The van der Waals surface area contributed by atoms with E-state index in [1.54, 1.807) is 0 Å². The molecule has 18 heavy (non-hydrogen) atoms. The summed E-state index contributed by atoms with van der Waals surface area (Å²) in [6.07, 6.45) is 2.45. The largest absolute Gasteiger partial charge is 0.354 e. The molecule has 0 saturated carbocycles. The molecule has 1 aliphatic rings. The zero-order valence-corrected chi connectivity index (χ0v) is 12.5. The van der Waals surface area contributed by atoms with Crippen LogP contribution in [-0.2, 0) is 0 Å². The Hall–Kier alpha value is -0.830. The molecule has 1 aromatic rings. The molecule has 0 spiro atoms. The smallest absolute Gasteiger partial charge is 0.171 e. The summed E-state index contributed by atoms with van der Waals surface area (Å²) in [5, 5.41) is 0.543. The Morgan fingerprint density at radius 1 is 1.11 bits per heavy atom. The highest BCUT2D eigenvalue weighted by Crippen LogP contribution is 2.30. The van der Waals surface area contributed by atoms with Crippen LogP contribution in [0.15, 0.2) is 0 Å². The van der Waals surface area contributed by atoms with Crippen LogP contribution >= 0.6 is 11.6 Å². The molecule has 100 valence electrons. The predicted octanol–water partition coefficient (Wildman–Crippen LogP) is 3.62. The Labute approximate surface area is 115 Å². The third-order valence-corrected chi connectivity index (χ3v) is 4.28. The van der Waals surface area contributed by atoms with Gasteiger partial charge in [0.05, 0.1) is 11.4 Å². The van der Waals surface area contributed by atoms with Crippen molar-refractivity contribution in [1.82, 2.24) is 9.97 Å². The molecule has 0 N–H and O–H groups in total. The zero-order valence-electron chi connectivity index (χ0n) is 11.7. The second-order valence-corrected chi connectivity index (χ2v) is 5.94.